The van der Waals surface area contributed by atoms with Gasteiger partial charge in [-0.15, -0.1) is 0 Å². The van der Waals surface area contributed by atoms with Crippen LogP contribution in [0.5, 0.6) is 5.75 Å². The van der Waals surface area contributed by atoms with Crippen LogP contribution in [0, 0.1) is 0 Å². The average Bonchev–Trinajstić information content (AvgIpc) is 3.27. The first kappa shape index (κ1) is 19.8. The molecule has 0 aliphatic rings. The molecule has 2 amide bonds. The van der Waals surface area contributed by atoms with E-state index in [1.165, 1.54) is 6.26 Å². The number of benzene rings is 2. The monoisotopic (exact) mass is 391 g/mol. The first-order valence-corrected chi connectivity index (χ1v) is 8.96. The Morgan fingerprint density at radius 2 is 1.72 bits per heavy atom. The SMILES string of the molecule is C=CCOc1ccc(NCC(=O)Nc2cccc(NC(=O)c3ccco3)c2)cc1. The van der Waals surface area contributed by atoms with Gasteiger partial charge in [0.15, 0.2) is 5.76 Å². The second-order valence-electron chi connectivity index (χ2n) is 6.04. The molecule has 7 nitrogen and oxygen atoms in total. The van der Waals surface area contributed by atoms with Gasteiger partial charge in [-0.05, 0) is 54.6 Å². The van der Waals surface area contributed by atoms with E-state index in [0.29, 0.717) is 18.0 Å². The molecule has 2 aromatic carbocycles. The summed E-state index contributed by atoms with van der Waals surface area (Å²) < 4.78 is 10.5. The summed E-state index contributed by atoms with van der Waals surface area (Å²) >= 11 is 0. The summed E-state index contributed by atoms with van der Waals surface area (Å²) in [4.78, 5) is 24.2. The number of amides is 2. The highest BCUT2D eigenvalue weighted by Crippen LogP contribution is 2.17. The number of rotatable bonds is 9. The van der Waals surface area contributed by atoms with Crippen molar-refractivity contribution >= 4 is 28.9 Å². The smallest absolute Gasteiger partial charge is 0.291 e. The van der Waals surface area contributed by atoms with Gasteiger partial charge in [0.2, 0.25) is 5.91 Å². The van der Waals surface area contributed by atoms with Crippen molar-refractivity contribution in [1.29, 1.82) is 0 Å². The number of anilines is 3. The van der Waals surface area contributed by atoms with E-state index in [9.17, 15) is 9.59 Å². The van der Waals surface area contributed by atoms with Gasteiger partial charge >= 0.3 is 0 Å². The molecule has 0 aliphatic heterocycles. The zero-order valence-corrected chi connectivity index (χ0v) is 15.7. The fourth-order valence-corrected chi connectivity index (χ4v) is 2.49. The summed E-state index contributed by atoms with van der Waals surface area (Å²) in [7, 11) is 0. The third-order valence-electron chi connectivity index (χ3n) is 3.82. The van der Waals surface area contributed by atoms with Gasteiger partial charge in [0.1, 0.15) is 12.4 Å². The Labute approximate surface area is 168 Å². The Bertz CT molecular complexity index is 966. The molecule has 3 N–H and O–H groups in total. The summed E-state index contributed by atoms with van der Waals surface area (Å²) in [6.45, 7) is 4.13. The van der Waals surface area contributed by atoms with Crippen LogP contribution in [0.15, 0.2) is 84.0 Å². The van der Waals surface area contributed by atoms with Gasteiger partial charge in [0, 0.05) is 17.1 Å². The van der Waals surface area contributed by atoms with Crippen molar-refractivity contribution in [3.05, 3.63) is 85.3 Å². The molecule has 0 fully saturated rings. The molecule has 148 valence electrons. The maximum absolute atomic E-state index is 12.2. The van der Waals surface area contributed by atoms with Crippen molar-refractivity contribution in [3.63, 3.8) is 0 Å². The molecule has 3 rings (SSSR count). The predicted molar refractivity (Wildman–Crippen MR) is 112 cm³/mol. The highest BCUT2D eigenvalue weighted by atomic mass is 16.5. The van der Waals surface area contributed by atoms with Crippen LogP contribution in [0.1, 0.15) is 10.6 Å². The van der Waals surface area contributed by atoms with Crippen LogP contribution in [0.2, 0.25) is 0 Å². The second-order valence-corrected chi connectivity index (χ2v) is 6.04. The van der Waals surface area contributed by atoms with Gasteiger partial charge in [-0.2, -0.15) is 0 Å². The zero-order chi connectivity index (χ0) is 20.5. The van der Waals surface area contributed by atoms with E-state index in [4.69, 9.17) is 9.15 Å². The minimum Gasteiger partial charge on any atom is -0.490 e. The molecule has 0 spiro atoms. The average molecular weight is 391 g/mol. The lowest BCUT2D eigenvalue weighted by molar-refractivity contribution is -0.114. The third-order valence-corrected chi connectivity index (χ3v) is 3.82. The van der Waals surface area contributed by atoms with E-state index < -0.39 is 0 Å². The topological polar surface area (TPSA) is 92.6 Å². The van der Waals surface area contributed by atoms with Gasteiger partial charge in [-0.25, -0.2) is 0 Å². The molecule has 29 heavy (non-hydrogen) atoms. The molecular formula is C22H21N3O4. The molecule has 0 bridgehead atoms. The van der Waals surface area contributed by atoms with Crippen LogP contribution in [-0.2, 0) is 4.79 Å². The summed E-state index contributed by atoms with van der Waals surface area (Å²) in [5.41, 5.74) is 1.92. The van der Waals surface area contributed by atoms with Crippen molar-refractivity contribution in [2.75, 3.05) is 29.1 Å². The standard InChI is InChI=1S/C22H21N3O4/c1-2-12-28-19-10-8-16(9-11-19)23-15-21(26)24-17-5-3-6-18(14-17)25-22(27)20-7-4-13-29-20/h2-11,13-14,23H,1,12,15H2,(H,24,26)(H,25,27). The summed E-state index contributed by atoms with van der Waals surface area (Å²) in [5.74, 6) is 0.366. The van der Waals surface area contributed by atoms with Crippen LogP contribution in [-0.4, -0.2) is 25.0 Å². The molecular weight excluding hydrogens is 370 g/mol. The zero-order valence-electron chi connectivity index (χ0n) is 15.7. The van der Waals surface area contributed by atoms with E-state index in [1.807, 2.05) is 24.3 Å². The van der Waals surface area contributed by atoms with Crippen LogP contribution in [0.4, 0.5) is 17.1 Å². The van der Waals surface area contributed by atoms with Gasteiger partial charge in [-0.1, -0.05) is 18.7 Å². The molecule has 7 heteroatoms. The fraction of sp³-hybridized carbons (Fsp3) is 0.0909. The van der Waals surface area contributed by atoms with Gasteiger partial charge in [0.25, 0.3) is 5.91 Å². The number of furan rings is 1. The minimum atomic E-state index is -0.361. The van der Waals surface area contributed by atoms with Gasteiger partial charge in [0.05, 0.1) is 12.8 Å². The summed E-state index contributed by atoms with van der Waals surface area (Å²) in [5, 5.41) is 8.55. The number of hydrogen-bond donors (Lipinski definition) is 3. The highest BCUT2D eigenvalue weighted by Gasteiger charge is 2.09. The van der Waals surface area contributed by atoms with Crippen LogP contribution in [0.3, 0.4) is 0 Å². The molecule has 0 aliphatic carbocycles. The Hall–Kier alpha value is -4.00. The van der Waals surface area contributed by atoms with Crippen molar-refractivity contribution < 1.29 is 18.7 Å². The predicted octanol–water partition coefficient (Wildman–Crippen LogP) is 4.15. The van der Waals surface area contributed by atoms with E-state index in [2.05, 4.69) is 22.5 Å². The fourth-order valence-electron chi connectivity index (χ4n) is 2.49. The Balaban J connectivity index is 1.50. The lowest BCUT2D eigenvalue weighted by Crippen LogP contribution is -2.21. The Kier molecular flexibility index (Phi) is 6.67. The number of carbonyl (C=O) groups excluding carboxylic acids is 2. The van der Waals surface area contributed by atoms with Crippen molar-refractivity contribution in [3.8, 4) is 5.75 Å². The number of nitrogens with one attached hydrogen (secondary N) is 3. The number of carbonyl (C=O) groups is 2. The Morgan fingerprint density at radius 1 is 0.966 bits per heavy atom. The molecule has 0 saturated heterocycles. The van der Waals surface area contributed by atoms with E-state index in [-0.39, 0.29) is 24.1 Å². The van der Waals surface area contributed by atoms with Crippen molar-refractivity contribution in [2.45, 2.75) is 0 Å². The highest BCUT2D eigenvalue weighted by molar-refractivity contribution is 6.02. The largest absolute Gasteiger partial charge is 0.490 e. The van der Waals surface area contributed by atoms with Gasteiger partial charge < -0.3 is 25.1 Å². The Morgan fingerprint density at radius 3 is 2.41 bits per heavy atom. The molecule has 0 atom stereocenters. The van der Waals surface area contributed by atoms with Crippen LogP contribution >= 0.6 is 0 Å². The quantitative estimate of drug-likeness (QED) is 0.477. The molecule has 1 heterocycles. The molecule has 0 unspecified atom stereocenters. The van der Waals surface area contributed by atoms with Gasteiger partial charge in [-0.3, -0.25) is 9.59 Å². The van der Waals surface area contributed by atoms with Crippen LogP contribution in [0.25, 0.3) is 0 Å². The normalized spacial score (nSPS) is 10.1. The van der Waals surface area contributed by atoms with Crippen LogP contribution < -0.4 is 20.7 Å². The maximum Gasteiger partial charge on any atom is 0.291 e. The first-order chi connectivity index (χ1) is 14.1. The molecule has 0 radical (unpaired) electrons. The maximum atomic E-state index is 12.2. The summed E-state index contributed by atoms with van der Waals surface area (Å²) in [6.07, 6.45) is 3.11. The van der Waals surface area contributed by atoms with E-state index in [1.54, 1.807) is 42.5 Å². The van der Waals surface area contributed by atoms with E-state index in [0.717, 1.165) is 11.4 Å². The third kappa shape index (κ3) is 6.00. The minimum absolute atomic E-state index is 0.0931. The lowest BCUT2D eigenvalue weighted by atomic mass is 10.2. The van der Waals surface area contributed by atoms with Crippen molar-refractivity contribution in [2.24, 2.45) is 0 Å². The second kappa shape index (κ2) is 9.80. The first-order valence-electron chi connectivity index (χ1n) is 8.96. The summed E-state index contributed by atoms with van der Waals surface area (Å²) in [6, 6.07) is 17.4. The number of hydrogen-bond acceptors (Lipinski definition) is 5. The lowest BCUT2D eigenvalue weighted by Gasteiger charge is -2.10. The van der Waals surface area contributed by atoms with Crippen molar-refractivity contribution in [1.82, 2.24) is 0 Å². The molecule has 3 aromatic rings. The van der Waals surface area contributed by atoms with E-state index >= 15 is 0 Å². The number of ether oxygens (including phenoxy) is 1. The molecule has 1 aromatic heterocycles. The molecule has 0 saturated carbocycles.